The van der Waals surface area contributed by atoms with E-state index in [0.717, 1.165) is 56.7 Å². The second-order valence-electron chi connectivity index (χ2n) is 24.8. The second-order valence-corrected chi connectivity index (χ2v) is 29.2. The number of hydrogen-bond acceptors (Lipinski definition) is 32. The van der Waals surface area contributed by atoms with Gasteiger partial charge in [-0.25, -0.2) is 39.5 Å². The molecule has 39 heteroatoms. The molecule has 12 bridgehead atoms. The first kappa shape index (κ1) is 73.4. The van der Waals surface area contributed by atoms with Crippen molar-refractivity contribution in [3.63, 3.8) is 0 Å². The summed E-state index contributed by atoms with van der Waals surface area (Å²) in [6.07, 6.45) is -8.85. The highest BCUT2D eigenvalue weighted by atomic mass is 32.1. The van der Waals surface area contributed by atoms with Gasteiger partial charge in [0.05, 0.1) is 55.8 Å². The number of nitrogens with zero attached hydrogens (tertiary/aromatic N) is 8. The van der Waals surface area contributed by atoms with Gasteiger partial charge >= 0.3 is 11.9 Å². The van der Waals surface area contributed by atoms with E-state index >= 15 is 19.2 Å². The average molecular weight is 1510 g/mol. The fourth-order valence-corrected chi connectivity index (χ4v) is 16.4. The summed E-state index contributed by atoms with van der Waals surface area (Å²) in [4.78, 5) is 145. The highest BCUT2D eigenvalue weighted by molar-refractivity contribution is 7.14. The minimum absolute atomic E-state index is 0.00236. The van der Waals surface area contributed by atoms with Gasteiger partial charge in [0.15, 0.2) is 18.1 Å². The number of amides is 6. The van der Waals surface area contributed by atoms with Crippen molar-refractivity contribution in [2.75, 3.05) is 41.0 Å². The Morgan fingerprint density at radius 2 is 1.50 bits per heavy atom. The molecule has 0 unspecified atom stereocenters. The highest BCUT2D eigenvalue weighted by Crippen LogP contribution is 2.43. The van der Waals surface area contributed by atoms with E-state index in [9.17, 15) is 49.9 Å². The van der Waals surface area contributed by atoms with Crippen LogP contribution in [0.1, 0.15) is 132 Å². The van der Waals surface area contributed by atoms with Gasteiger partial charge < -0.3 is 96.0 Å². The zero-order chi connectivity index (χ0) is 73.6. The number of thiazole rings is 5. The molecule has 11 heterocycles. The van der Waals surface area contributed by atoms with Gasteiger partial charge in [-0.05, 0) is 66.4 Å². The lowest BCUT2D eigenvalue weighted by atomic mass is 9.85. The largest absolute Gasteiger partial charge is 0.506 e. The molecule has 103 heavy (non-hydrogen) atoms. The van der Waals surface area contributed by atoms with Gasteiger partial charge in [0.2, 0.25) is 11.8 Å². The van der Waals surface area contributed by atoms with E-state index in [1.54, 1.807) is 45.0 Å². The van der Waals surface area contributed by atoms with E-state index in [1.807, 2.05) is 0 Å². The number of rotatable bonds is 12. The molecule has 8 aromatic rings. The Labute approximate surface area is 604 Å². The lowest BCUT2D eigenvalue weighted by Crippen LogP contribution is -2.62. The van der Waals surface area contributed by atoms with Crippen molar-refractivity contribution in [1.82, 2.24) is 71.4 Å². The monoisotopic (exact) mass is 1510 g/mol. The number of nitrogens with one attached hydrogen (secondary N) is 6. The molecule has 0 spiro atoms. The van der Waals surface area contributed by atoms with E-state index in [2.05, 4.69) is 46.9 Å². The predicted octanol–water partition coefficient (Wildman–Crippen LogP) is 2.75. The minimum Gasteiger partial charge on any atom is -0.506 e. The topological polar surface area (TPSA) is 471 Å². The van der Waals surface area contributed by atoms with Crippen LogP contribution in [0.5, 0.6) is 5.75 Å². The SMILES string of the molecule is CO/C(C)=C1/NC(=O)[C@H]([C@@H](C)O)NC(=O)c2csc(n2)-c2cc(O)c(-c3nc(C(=O)N[C@@H](C)C(=O)NC[C@H](O)CO)cs3)nc2-c2csc(n2)[C@@H]2COC(=O)c3c4c5c(cccc5n3O)COC(=O)[C@@H](O[C@H]3C[C@](C)(O)[C@H](N(C)C)[C@H](C)O3)[C@@H](OC4)[C@H](NC(=O)c3csc1n3)c1nc(cs1)C(=O)N2. The summed E-state index contributed by atoms with van der Waals surface area (Å²) in [7, 11) is 4.83. The Kier molecular flexibility index (Phi) is 21.5. The number of carbonyl (C=O) groups is 8. The molecule has 0 radical (unpaired) electrons. The van der Waals surface area contributed by atoms with Crippen molar-refractivity contribution < 1.29 is 97.5 Å². The van der Waals surface area contributed by atoms with Gasteiger partial charge in [-0.3, -0.25) is 28.8 Å². The second kappa shape index (κ2) is 30.1. The molecule has 7 aromatic heterocycles. The van der Waals surface area contributed by atoms with E-state index in [-0.39, 0.29) is 111 Å². The van der Waals surface area contributed by atoms with Crippen molar-refractivity contribution in [2.24, 2.45) is 0 Å². The first-order chi connectivity index (χ1) is 49.1. The molecule has 1 fully saturated rings. The van der Waals surface area contributed by atoms with E-state index < -0.39 is 158 Å². The molecule has 0 aliphatic carbocycles. The molecule has 544 valence electrons. The van der Waals surface area contributed by atoms with Crippen molar-refractivity contribution in [1.29, 1.82) is 0 Å². The number of likely N-dealkylation sites (N-methyl/N-ethyl adjacent to an activating group) is 1. The van der Waals surface area contributed by atoms with Gasteiger partial charge in [-0.2, -0.15) is 4.73 Å². The summed E-state index contributed by atoms with van der Waals surface area (Å²) in [6.45, 7) is 4.67. The van der Waals surface area contributed by atoms with Crippen LogP contribution < -0.4 is 31.9 Å². The smallest absolute Gasteiger partial charge is 0.358 e. The van der Waals surface area contributed by atoms with Crippen LogP contribution in [0, 0.1) is 0 Å². The van der Waals surface area contributed by atoms with Crippen LogP contribution in [0.3, 0.4) is 0 Å². The third kappa shape index (κ3) is 15.1. The number of aromatic hydroxyl groups is 1. The van der Waals surface area contributed by atoms with Gasteiger partial charge in [0, 0.05) is 56.4 Å². The van der Waals surface area contributed by atoms with Crippen LogP contribution in [-0.2, 0) is 56.0 Å². The molecule has 6 amide bonds. The molecule has 12 N–H and O–H groups in total. The first-order valence-corrected chi connectivity index (χ1v) is 36.1. The van der Waals surface area contributed by atoms with E-state index in [4.69, 9.17) is 43.4 Å². The summed E-state index contributed by atoms with van der Waals surface area (Å²) in [6, 6.07) is -0.567. The summed E-state index contributed by atoms with van der Waals surface area (Å²) in [5.74, 6) is -7.97. The molecule has 1 aromatic carbocycles. The summed E-state index contributed by atoms with van der Waals surface area (Å²) >= 11 is 4.44. The Bertz CT molecular complexity index is 4670. The van der Waals surface area contributed by atoms with Gasteiger partial charge in [-0.1, -0.05) is 12.1 Å². The molecule has 4 aliphatic rings. The van der Waals surface area contributed by atoms with Crippen molar-refractivity contribution in [3.8, 4) is 38.4 Å². The lowest BCUT2D eigenvalue weighted by Gasteiger charge is -2.48. The number of benzene rings is 1. The third-order valence-electron chi connectivity index (χ3n) is 17.2. The molecule has 4 aliphatic heterocycles. The standard InChI is InChI=1S/C64H68N14O20S5/c1-24(51(83)65-14-29(81)15-79)66-52(84)34-21-102-60(71-34)45-39(82)12-30-44(73-45)33-19-100-58(68-33)32-18-96-62(89)47-31-17-94-48(49(98-40-13-64(5,91)50(77(6)7)27(4)97-40)63(90)95-16-28-10-9-11-38(41(28)31)78(47)92)46(61-72-35(22-103-61)53(85)67-32)76-55(87)37-23-101-59(70-37)43(26(3)93-8)75-56(88)42(25(2)80)74-54(86)36-20-99-57(30)69-36/h9-12,19-25,27,29,32,40,42,46,48-50,79-82,91-92H,13-18H2,1-8H3,(H,65,83)(H,66,84)(H,67,85)(H,74,86)(H,75,88)(H,76,87)/b43-26+/t24-,25+,27-,29-,32-,40-,42-,46-,48-,49-,50+,64-/m0/s1. The summed E-state index contributed by atoms with van der Waals surface area (Å²) in [5.41, 5.74) is -2.96. The molecular formula is C64H68N14O20S5. The maximum Gasteiger partial charge on any atom is 0.358 e. The predicted molar refractivity (Wildman–Crippen MR) is 367 cm³/mol. The van der Waals surface area contributed by atoms with E-state index in [0.29, 0.717) is 10.3 Å². The Balaban J connectivity index is 1.02. The number of esters is 2. The van der Waals surface area contributed by atoms with Crippen LogP contribution >= 0.6 is 56.7 Å². The number of hydrogen-bond donors (Lipinski definition) is 12. The number of carbonyl (C=O) groups excluding carboxylic acids is 8. The number of aromatic nitrogens is 7. The van der Waals surface area contributed by atoms with Crippen LogP contribution in [0.25, 0.3) is 49.3 Å². The molecule has 0 saturated carbocycles. The molecule has 12 atom stereocenters. The maximum atomic E-state index is 15.2. The van der Waals surface area contributed by atoms with Crippen LogP contribution in [0.2, 0.25) is 0 Å². The molecule has 12 rings (SSSR count). The average Bonchev–Trinajstić information content (AvgIpc) is 1.56. The number of aliphatic hydroxyl groups excluding tert-OH is 3. The van der Waals surface area contributed by atoms with Gasteiger partial charge in [0.25, 0.3) is 23.6 Å². The fraction of sp³-hybridized carbons (Fsp3) is 0.406. The highest BCUT2D eigenvalue weighted by Gasteiger charge is 2.50. The van der Waals surface area contributed by atoms with Crippen molar-refractivity contribution in [3.05, 3.63) is 112 Å². The number of ether oxygens (including phenoxy) is 6. The fourth-order valence-electron chi connectivity index (χ4n) is 12.2. The molecular weight excluding hydrogens is 1450 g/mol. The van der Waals surface area contributed by atoms with Gasteiger partial charge in [0.1, 0.15) is 126 Å². The lowest BCUT2D eigenvalue weighted by molar-refractivity contribution is -0.280. The Morgan fingerprint density at radius 3 is 2.22 bits per heavy atom. The third-order valence-corrected chi connectivity index (χ3v) is 21.7. The van der Waals surface area contributed by atoms with Crippen molar-refractivity contribution >= 4 is 121 Å². The Hall–Kier alpha value is -9.36. The van der Waals surface area contributed by atoms with Crippen molar-refractivity contribution in [2.45, 2.75) is 127 Å². The number of fused-ring (bicyclic) bond motifs is 15. The van der Waals surface area contributed by atoms with Gasteiger partial charge in [-0.15, -0.1) is 56.7 Å². The van der Waals surface area contributed by atoms with Crippen LogP contribution in [0.15, 0.2) is 56.9 Å². The first-order valence-electron chi connectivity index (χ1n) is 31.7. The van der Waals surface area contributed by atoms with E-state index in [1.165, 1.54) is 66.9 Å². The number of pyridine rings is 1. The normalized spacial score (nSPS) is 24.1. The number of aliphatic hydroxyl groups is 4. The molecule has 1 saturated heterocycles. The number of methoxy groups -OCH3 is 1. The quantitative estimate of drug-likeness (QED) is 0.0475. The summed E-state index contributed by atoms with van der Waals surface area (Å²) < 4.78 is 38.2. The number of cyclic esters (lactones) is 2. The summed E-state index contributed by atoms with van der Waals surface area (Å²) in [5, 5.41) is 89.1. The van der Waals surface area contributed by atoms with Crippen LogP contribution in [-0.4, -0.2) is 219 Å². The van der Waals surface area contributed by atoms with Crippen LogP contribution in [0.4, 0.5) is 0 Å². The minimum atomic E-state index is -1.93. The number of allylic oxidation sites excluding steroid dienone is 1. The zero-order valence-electron chi connectivity index (χ0n) is 55.8. The zero-order valence-corrected chi connectivity index (χ0v) is 59.9. The molecule has 34 nitrogen and oxygen atoms in total. The Morgan fingerprint density at radius 1 is 0.835 bits per heavy atom. The maximum absolute atomic E-state index is 15.2.